The summed E-state index contributed by atoms with van der Waals surface area (Å²) in [6, 6.07) is 15.6. The molecule has 1 N–H and O–H groups in total. The molecule has 3 aromatic rings. The quantitative estimate of drug-likeness (QED) is 0.681. The van der Waals surface area contributed by atoms with Crippen LogP contribution in [0.4, 0.5) is 0 Å². The summed E-state index contributed by atoms with van der Waals surface area (Å²) in [7, 11) is 3.17. The van der Waals surface area contributed by atoms with Crippen molar-refractivity contribution in [1.82, 2.24) is 14.9 Å². The van der Waals surface area contributed by atoms with Crippen molar-refractivity contribution in [3.63, 3.8) is 0 Å². The Kier molecular flexibility index (Phi) is 6.06. The Balaban J connectivity index is 1.59. The summed E-state index contributed by atoms with van der Waals surface area (Å²) in [6.45, 7) is 0.644. The Morgan fingerprint density at radius 3 is 2.18 bits per heavy atom. The monoisotopic (exact) mass is 379 g/mol. The molecule has 0 radical (unpaired) electrons. The van der Waals surface area contributed by atoms with Crippen molar-refractivity contribution >= 4 is 5.91 Å². The molecular weight excluding hydrogens is 358 g/mol. The molecule has 0 saturated carbocycles. The predicted molar refractivity (Wildman–Crippen MR) is 106 cm³/mol. The molecule has 1 amide bonds. The lowest BCUT2D eigenvalue weighted by Gasteiger charge is -2.09. The molecule has 0 aliphatic heterocycles. The summed E-state index contributed by atoms with van der Waals surface area (Å²) in [5.74, 6) is 1.22. The number of hydrogen-bond donors (Lipinski definition) is 1. The predicted octanol–water partition coefficient (Wildman–Crippen LogP) is 2.36. The normalized spacial score (nSPS) is 10.4. The third kappa shape index (κ3) is 4.56. The minimum Gasteiger partial charge on any atom is -0.497 e. The number of ether oxygens (including phenoxy) is 2. The zero-order chi connectivity index (χ0) is 19.9. The van der Waals surface area contributed by atoms with Gasteiger partial charge in [0.15, 0.2) is 0 Å². The highest BCUT2D eigenvalue weighted by molar-refractivity contribution is 5.94. The third-order valence-corrected chi connectivity index (χ3v) is 4.26. The first-order valence-electron chi connectivity index (χ1n) is 8.74. The Morgan fingerprint density at radius 1 is 1.00 bits per heavy atom. The SMILES string of the molecule is COc1ccc(C(=O)NCCn2cnc(-c3ccc(OC)cc3)cc2=O)cc1. The van der Waals surface area contributed by atoms with Crippen molar-refractivity contribution in [3.05, 3.63) is 76.8 Å². The number of nitrogens with one attached hydrogen (secondary N) is 1. The van der Waals surface area contributed by atoms with Crippen LogP contribution in [-0.2, 0) is 6.54 Å². The molecule has 1 aromatic heterocycles. The van der Waals surface area contributed by atoms with E-state index in [2.05, 4.69) is 10.3 Å². The average Bonchev–Trinajstić information content (AvgIpc) is 2.75. The second kappa shape index (κ2) is 8.85. The molecule has 0 atom stereocenters. The van der Waals surface area contributed by atoms with Gasteiger partial charge in [0.25, 0.3) is 11.5 Å². The summed E-state index contributed by atoms with van der Waals surface area (Å²) < 4.78 is 11.7. The van der Waals surface area contributed by atoms with E-state index in [4.69, 9.17) is 9.47 Å². The van der Waals surface area contributed by atoms with E-state index in [1.165, 1.54) is 17.0 Å². The van der Waals surface area contributed by atoms with Crippen LogP contribution in [-0.4, -0.2) is 36.2 Å². The van der Waals surface area contributed by atoms with Gasteiger partial charge in [-0.3, -0.25) is 14.2 Å². The Hall–Kier alpha value is -3.61. The van der Waals surface area contributed by atoms with Crippen molar-refractivity contribution in [2.24, 2.45) is 0 Å². The van der Waals surface area contributed by atoms with Gasteiger partial charge in [-0.1, -0.05) is 0 Å². The van der Waals surface area contributed by atoms with Gasteiger partial charge in [-0.2, -0.15) is 0 Å². The Bertz CT molecular complexity index is 995. The highest BCUT2D eigenvalue weighted by Gasteiger charge is 2.07. The summed E-state index contributed by atoms with van der Waals surface area (Å²) in [5, 5.41) is 2.79. The van der Waals surface area contributed by atoms with E-state index in [0.717, 1.165) is 11.3 Å². The van der Waals surface area contributed by atoms with Gasteiger partial charge in [0, 0.05) is 30.3 Å². The number of aromatic nitrogens is 2. The summed E-state index contributed by atoms with van der Waals surface area (Å²) in [6.07, 6.45) is 1.49. The van der Waals surface area contributed by atoms with Crippen LogP contribution >= 0.6 is 0 Å². The van der Waals surface area contributed by atoms with E-state index in [1.807, 2.05) is 24.3 Å². The molecule has 144 valence electrons. The first kappa shape index (κ1) is 19.2. The van der Waals surface area contributed by atoms with E-state index in [-0.39, 0.29) is 11.5 Å². The van der Waals surface area contributed by atoms with Crippen molar-refractivity contribution < 1.29 is 14.3 Å². The molecule has 0 fully saturated rings. The number of rotatable bonds is 7. The van der Waals surface area contributed by atoms with Crippen LogP contribution in [0.25, 0.3) is 11.3 Å². The lowest BCUT2D eigenvalue weighted by Crippen LogP contribution is -2.30. The number of methoxy groups -OCH3 is 2. The fourth-order valence-electron chi connectivity index (χ4n) is 2.65. The van der Waals surface area contributed by atoms with Gasteiger partial charge >= 0.3 is 0 Å². The van der Waals surface area contributed by atoms with Gasteiger partial charge in [0.1, 0.15) is 11.5 Å². The van der Waals surface area contributed by atoms with Crippen LogP contribution in [0.5, 0.6) is 11.5 Å². The number of carbonyl (C=O) groups excluding carboxylic acids is 1. The lowest BCUT2D eigenvalue weighted by molar-refractivity contribution is 0.0952. The standard InChI is InChI=1S/C21H21N3O4/c1-27-17-7-3-15(4-8-17)19-13-20(25)24(14-23-19)12-11-22-21(26)16-5-9-18(28-2)10-6-16/h3-10,13-14H,11-12H2,1-2H3,(H,22,26). The number of hydrogen-bond acceptors (Lipinski definition) is 5. The number of amides is 1. The molecule has 0 aliphatic carbocycles. The largest absolute Gasteiger partial charge is 0.497 e. The van der Waals surface area contributed by atoms with Crippen LogP contribution in [0.3, 0.4) is 0 Å². The molecule has 1 heterocycles. The lowest BCUT2D eigenvalue weighted by atomic mass is 10.1. The molecule has 7 heteroatoms. The zero-order valence-corrected chi connectivity index (χ0v) is 15.7. The van der Waals surface area contributed by atoms with Crippen LogP contribution in [0.2, 0.25) is 0 Å². The van der Waals surface area contributed by atoms with Gasteiger partial charge in [-0.15, -0.1) is 0 Å². The average molecular weight is 379 g/mol. The van der Waals surface area contributed by atoms with E-state index in [0.29, 0.717) is 30.1 Å². The Labute approximate surface area is 162 Å². The minimum atomic E-state index is -0.210. The van der Waals surface area contributed by atoms with Crippen molar-refractivity contribution in [2.45, 2.75) is 6.54 Å². The van der Waals surface area contributed by atoms with Crippen LogP contribution in [0.15, 0.2) is 65.7 Å². The van der Waals surface area contributed by atoms with Gasteiger partial charge in [-0.25, -0.2) is 4.98 Å². The summed E-state index contributed by atoms with van der Waals surface area (Å²) in [4.78, 5) is 28.8. The first-order valence-corrected chi connectivity index (χ1v) is 8.74. The fourth-order valence-corrected chi connectivity index (χ4v) is 2.65. The van der Waals surface area contributed by atoms with Gasteiger partial charge in [0.05, 0.1) is 26.2 Å². The van der Waals surface area contributed by atoms with E-state index in [9.17, 15) is 9.59 Å². The van der Waals surface area contributed by atoms with Crippen LogP contribution in [0, 0.1) is 0 Å². The molecule has 3 rings (SSSR count). The molecule has 0 bridgehead atoms. The smallest absolute Gasteiger partial charge is 0.253 e. The summed E-state index contributed by atoms with van der Waals surface area (Å²) >= 11 is 0. The molecule has 2 aromatic carbocycles. The molecule has 0 saturated heterocycles. The molecule has 0 spiro atoms. The highest BCUT2D eigenvalue weighted by Crippen LogP contribution is 2.19. The topological polar surface area (TPSA) is 82.4 Å². The second-order valence-corrected chi connectivity index (χ2v) is 6.02. The molecule has 0 aliphatic rings. The van der Waals surface area contributed by atoms with Gasteiger partial charge in [0.2, 0.25) is 0 Å². The summed E-state index contributed by atoms with van der Waals surface area (Å²) in [5.41, 5.74) is 1.77. The maximum absolute atomic E-state index is 12.3. The maximum atomic E-state index is 12.3. The van der Waals surface area contributed by atoms with E-state index in [1.54, 1.807) is 38.5 Å². The van der Waals surface area contributed by atoms with Crippen molar-refractivity contribution in [2.75, 3.05) is 20.8 Å². The zero-order valence-electron chi connectivity index (χ0n) is 15.7. The minimum absolute atomic E-state index is 0.181. The third-order valence-electron chi connectivity index (χ3n) is 4.26. The number of carbonyl (C=O) groups is 1. The first-order chi connectivity index (χ1) is 13.6. The Morgan fingerprint density at radius 2 is 1.61 bits per heavy atom. The molecule has 7 nitrogen and oxygen atoms in total. The molecule has 0 unspecified atom stereocenters. The highest BCUT2D eigenvalue weighted by atomic mass is 16.5. The van der Waals surface area contributed by atoms with Crippen LogP contribution in [0.1, 0.15) is 10.4 Å². The van der Waals surface area contributed by atoms with Gasteiger partial charge in [-0.05, 0) is 48.5 Å². The van der Waals surface area contributed by atoms with Gasteiger partial charge < -0.3 is 14.8 Å². The van der Waals surface area contributed by atoms with Crippen molar-refractivity contribution in [3.8, 4) is 22.8 Å². The maximum Gasteiger partial charge on any atom is 0.253 e. The second-order valence-electron chi connectivity index (χ2n) is 6.02. The number of nitrogens with zero attached hydrogens (tertiary/aromatic N) is 2. The van der Waals surface area contributed by atoms with E-state index >= 15 is 0 Å². The molecular formula is C21H21N3O4. The fraction of sp³-hybridized carbons (Fsp3) is 0.190. The van der Waals surface area contributed by atoms with Crippen LogP contribution < -0.4 is 20.3 Å². The number of benzene rings is 2. The van der Waals surface area contributed by atoms with Crippen molar-refractivity contribution in [1.29, 1.82) is 0 Å². The van der Waals surface area contributed by atoms with E-state index < -0.39 is 0 Å². The molecule has 28 heavy (non-hydrogen) atoms.